The molecule has 0 radical (unpaired) electrons. The summed E-state index contributed by atoms with van der Waals surface area (Å²) < 4.78 is 28.8. The Bertz CT molecular complexity index is 1390. The van der Waals surface area contributed by atoms with Gasteiger partial charge in [0.2, 0.25) is 0 Å². The molecule has 164 valence electrons. The second-order valence-electron chi connectivity index (χ2n) is 7.53. The lowest BCUT2D eigenvalue weighted by Crippen LogP contribution is -2.03. The highest BCUT2D eigenvalue weighted by atomic mass is 32.1. The molecule has 0 aliphatic carbocycles. The van der Waals surface area contributed by atoms with Crippen molar-refractivity contribution in [2.75, 3.05) is 27.4 Å². The number of halogens is 1. The Hall–Kier alpha value is -3.07. The van der Waals surface area contributed by atoms with E-state index in [1.165, 1.54) is 6.07 Å². The van der Waals surface area contributed by atoms with E-state index in [1.54, 1.807) is 37.8 Å². The molecule has 0 bridgehead atoms. The first kappa shape index (κ1) is 20.8. The molecule has 0 aliphatic heterocycles. The smallest absolute Gasteiger partial charge is 0.140 e. The molecule has 0 fully saturated rings. The van der Waals surface area contributed by atoms with Gasteiger partial charge in [0.25, 0.3) is 0 Å². The standard InChI is InChI=1S/C24H23FN4O2S/c1-30-10-8-28-14-20(18-12-16(25)5-6-22(18)28)24-27-21(15-32-24)19-13-29(9-11-31-2)23-17(19)4-3-7-26-23/h3-7,12-15H,8-11H2,1-2H3. The lowest BCUT2D eigenvalue weighted by Gasteiger charge is -2.03. The summed E-state index contributed by atoms with van der Waals surface area (Å²) in [5.74, 6) is -0.257. The topological polar surface area (TPSA) is 54.1 Å². The molecule has 4 aromatic heterocycles. The van der Waals surface area contributed by atoms with Crippen LogP contribution in [0.1, 0.15) is 0 Å². The fourth-order valence-corrected chi connectivity index (χ4v) is 4.87. The molecule has 0 amide bonds. The molecule has 5 aromatic rings. The van der Waals surface area contributed by atoms with Crippen molar-refractivity contribution < 1.29 is 13.9 Å². The molecule has 4 heterocycles. The Kier molecular flexibility index (Phi) is 5.73. The maximum atomic E-state index is 14.1. The number of hydrogen-bond donors (Lipinski definition) is 0. The van der Waals surface area contributed by atoms with E-state index in [0.717, 1.165) is 43.8 Å². The van der Waals surface area contributed by atoms with Crippen molar-refractivity contribution in [2.24, 2.45) is 0 Å². The van der Waals surface area contributed by atoms with E-state index in [9.17, 15) is 4.39 Å². The molecule has 6 nitrogen and oxygen atoms in total. The summed E-state index contributed by atoms with van der Waals surface area (Å²) in [4.78, 5) is 9.50. The minimum atomic E-state index is -0.257. The average molecular weight is 451 g/mol. The van der Waals surface area contributed by atoms with Gasteiger partial charge in [-0.1, -0.05) is 0 Å². The Morgan fingerprint density at radius 1 is 0.969 bits per heavy atom. The SMILES string of the molecule is COCCn1cc(-c2nc(-c3cn(CCOC)c4ncccc34)cs2)c2cc(F)ccc21. The van der Waals surface area contributed by atoms with E-state index >= 15 is 0 Å². The predicted molar refractivity (Wildman–Crippen MR) is 125 cm³/mol. The third kappa shape index (κ3) is 3.70. The highest BCUT2D eigenvalue weighted by molar-refractivity contribution is 7.13. The van der Waals surface area contributed by atoms with Gasteiger partial charge in [0.1, 0.15) is 16.5 Å². The average Bonchev–Trinajstić information content (AvgIpc) is 3.51. The molecule has 0 saturated heterocycles. The van der Waals surface area contributed by atoms with Gasteiger partial charge in [-0.15, -0.1) is 11.3 Å². The number of hydrogen-bond acceptors (Lipinski definition) is 5. The second-order valence-corrected chi connectivity index (χ2v) is 8.39. The van der Waals surface area contributed by atoms with Gasteiger partial charge < -0.3 is 18.6 Å². The Morgan fingerprint density at radius 2 is 1.75 bits per heavy atom. The van der Waals surface area contributed by atoms with Crippen LogP contribution in [-0.4, -0.2) is 46.5 Å². The third-order valence-corrected chi connectivity index (χ3v) is 6.44. The van der Waals surface area contributed by atoms with Gasteiger partial charge in [-0.2, -0.15) is 0 Å². The molecule has 0 N–H and O–H groups in total. The minimum Gasteiger partial charge on any atom is -0.383 e. The largest absolute Gasteiger partial charge is 0.383 e. The van der Waals surface area contributed by atoms with E-state index in [4.69, 9.17) is 14.5 Å². The zero-order valence-corrected chi connectivity index (χ0v) is 18.7. The van der Waals surface area contributed by atoms with Crippen LogP contribution in [0.15, 0.2) is 54.3 Å². The van der Waals surface area contributed by atoms with Gasteiger partial charge in [0, 0.05) is 78.7 Å². The predicted octanol–water partition coefficient (Wildman–Crippen LogP) is 5.21. The molecule has 0 aliphatic rings. The van der Waals surface area contributed by atoms with Crippen LogP contribution in [0.25, 0.3) is 43.8 Å². The first-order valence-electron chi connectivity index (χ1n) is 10.4. The summed E-state index contributed by atoms with van der Waals surface area (Å²) in [6, 6.07) is 8.88. The quantitative estimate of drug-likeness (QED) is 0.326. The maximum Gasteiger partial charge on any atom is 0.140 e. The summed E-state index contributed by atoms with van der Waals surface area (Å²) in [6.45, 7) is 2.59. The van der Waals surface area contributed by atoms with Crippen LogP contribution in [0.2, 0.25) is 0 Å². The van der Waals surface area contributed by atoms with Crippen molar-refractivity contribution in [1.29, 1.82) is 0 Å². The van der Waals surface area contributed by atoms with Crippen LogP contribution in [0.4, 0.5) is 4.39 Å². The number of ether oxygens (including phenoxy) is 2. The normalized spacial score (nSPS) is 11.7. The van der Waals surface area contributed by atoms with Gasteiger partial charge in [-0.25, -0.2) is 14.4 Å². The Balaban J connectivity index is 1.59. The van der Waals surface area contributed by atoms with Crippen molar-refractivity contribution in [3.63, 3.8) is 0 Å². The number of nitrogens with zero attached hydrogens (tertiary/aromatic N) is 4. The van der Waals surface area contributed by atoms with Crippen LogP contribution in [0.3, 0.4) is 0 Å². The molecule has 0 atom stereocenters. The van der Waals surface area contributed by atoms with Gasteiger partial charge in [-0.05, 0) is 30.3 Å². The molecule has 0 spiro atoms. The fraction of sp³-hybridized carbons (Fsp3) is 0.250. The molecular formula is C24H23FN4O2S. The van der Waals surface area contributed by atoms with Crippen LogP contribution in [0.5, 0.6) is 0 Å². The maximum absolute atomic E-state index is 14.1. The summed E-state index contributed by atoms with van der Waals surface area (Å²) in [5, 5.41) is 4.81. The highest BCUT2D eigenvalue weighted by Crippen LogP contribution is 2.37. The zero-order chi connectivity index (χ0) is 22.1. The zero-order valence-electron chi connectivity index (χ0n) is 17.9. The highest BCUT2D eigenvalue weighted by Gasteiger charge is 2.17. The van der Waals surface area contributed by atoms with Crippen LogP contribution in [-0.2, 0) is 22.6 Å². The third-order valence-electron chi connectivity index (χ3n) is 5.56. The number of methoxy groups -OCH3 is 2. The first-order chi connectivity index (χ1) is 15.7. The van der Waals surface area contributed by atoms with Crippen molar-refractivity contribution >= 4 is 33.3 Å². The summed E-state index contributed by atoms with van der Waals surface area (Å²) in [7, 11) is 3.37. The van der Waals surface area contributed by atoms with Crippen LogP contribution in [0, 0.1) is 5.82 Å². The fourth-order valence-electron chi connectivity index (χ4n) is 4.02. The number of aromatic nitrogens is 4. The monoisotopic (exact) mass is 450 g/mol. The molecular weight excluding hydrogens is 427 g/mol. The van der Waals surface area contributed by atoms with E-state index in [0.29, 0.717) is 26.3 Å². The molecule has 1 aromatic carbocycles. The first-order valence-corrected chi connectivity index (χ1v) is 11.2. The summed E-state index contributed by atoms with van der Waals surface area (Å²) in [6.07, 6.45) is 5.91. The van der Waals surface area contributed by atoms with Crippen LogP contribution >= 0.6 is 11.3 Å². The van der Waals surface area contributed by atoms with E-state index < -0.39 is 0 Å². The van der Waals surface area contributed by atoms with E-state index in [-0.39, 0.29) is 5.82 Å². The number of benzene rings is 1. The summed E-state index contributed by atoms with van der Waals surface area (Å²) >= 11 is 1.56. The van der Waals surface area contributed by atoms with Crippen LogP contribution < -0.4 is 0 Å². The van der Waals surface area contributed by atoms with Crippen molar-refractivity contribution in [1.82, 2.24) is 19.1 Å². The Labute approximate surface area is 188 Å². The van der Waals surface area contributed by atoms with E-state index in [2.05, 4.69) is 31.8 Å². The lowest BCUT2D eigenvalue weighted by molar-refractivity contribution is 0.188. The Morgan fingerprint density at radius 3 is 2.56 bits per heavy atom. The van der Waals surface area contributed by atoms with Crippen molar-refractivity contribution in [3.05, 3.63) is 60.1 Å². The molecule has 5 rings (SSSR count). The van der Waals surface area contributed by atoms with Gasteiger partial charge in [0.15, 0.2) is 0 Å². The number of thiazole rings is 1. The molecule has 0 unspecified atom stereocenters. The molecule has 32 heavy (non-hydrogen) atoms. The van der Waals surface area contributed by atoms with Crippen molar-refractivity contribution in [2.45, 2.75) is 13.1 Å². The molecule has 8 heteroatoms. The van der Waals surface area contributed by atoms with E-state index in [1.807, 2.05) is 18.3 Å². The van der Waals surface area contributed by atoms with Gasteiger partial charge in [-0.3, -0.25) is 0 Å². The number of pyridine rings is 1. The van der Waals surface area contributed by atoms with Crippen molar-refractivity contribution in [3.8, 4) is 21.8 Å². The lowest BCUT2D eigenvalue weighted by atomic mass is 10.1. The molecule has 0 saturated carbocycles. The van der Waals surface area contributed by atoms with Gasteiger partial charge >= 0.3 is 0 Å². The summed E-state index contributed by atoms with van der Waals surface area (Å²) in [5.41, 5.74) is 4.71. The second kappa shape index (κ2) is 8.82. The number of rotatable bonds is 8. The number of fused-ring (bicyclic) bond motifs is 2. The van der Waals surface area contributed by atoms with Gasteiger partial charge in [0.05, 0.1) is 18.9 Å². The minimum absolute atomic E-state index is 0.257.